The summed E-state index contributed by atoms with van der Waals surface area (Å²) in [6.45, 7) is 7.34. The minimum absolute atomic E-state index is 0.742. The largest absolute Gasteiger partial charge is 0.346 e. The van der Waals surface area contributed by atoms with Crippen LogP contribution in [0.2, 0.25) is 0 Å². The molecule has 22 heavy (non-hydrogen) atoms. The fraction of sp³-hybridized carbons (Fsp3) is 0.400. The molecule has 1 aliphatic rings. The van der Waals surface area contributed by atoms with Crippen LogP contribution in [-0.4, -0.2) is 57.8 Å². The van der Waals surface area contributed by atoms with Crippen LogP contribution in [0.1, 0.15) is 6.92 Å². The minimum atomic E-state index is 0.742. The zero-order valence-corrected chi connectivity index (χ0v) is 14.2. The van der Waals surface area contributed by atoms with Gasteiger partial charge in [0.1, 0.15) is 5.01 Å². The van der Waals surface area contributed by atoms with Crippen molar-refractivity contribution >= 4 is 33.8 Å². The number of hydrogen-bond acceptors (Lipinski definition) is 5. The molecule has 116 valence electrons. The lowest BCUT2D eigenvalue weighted by Crippen LogP contribution is -2.49. The number of aromatic nitrogens is 2. The van der Waals surface area contributed by atoms with E-state index in [0.717, 1.165) is 53.5 Å². The minimum Gasteiger partial charge on any atom is -0.346 e. The van der Waals surface area contributed by atoms with Crippen molar-refractivity contribution in [1.29, 1.82) is 0 Å². The van der Waals surface area contributed by atoms with Gasteiger partial charge in [-0.2, -0.15) is 0 Å². The lowest BCUT2D eigenvalue weighted by molar-refractivity contribution is 0.191. The topological polar surface area (TPSA) is 44.3 Å². The molecule has 0 aliphatic carbocycles. The summed E-state index contributed by atoms with van der Waals surface area (Å²) in [6, 6.07) is 10.1. The first-order valence-corrected chi connectivity index (χ1v) is 8.66. The Morgan fingerprint density at radius 3 is 2.59 bits per heavy atom. The highest BCUT2D eigenvalue weighted by atomic mass is 32.1. The number of piperazine rings is 1. The summed E-state index contributed by atoms with van der Waals surface area (Å²) in [5, 5.41) is 14.0. The van der Waals surface area contributed by atoms with Gasteiger partial charge in [-0.25, -0.2) is 0 Å². The predicted octanol–water partition coefficient (Wildman–Crippen LogP) is 2.54. The smallest absolute Gasteiger partial charge is 0.212 e. The number of likely N-dealkylation sites (N-methyl/N-ethyl adjacent to an activating group) is 1. The van der Waals surface area contributed by atoms with E-state index in [-0.39, 0.29) is 0 Å². The Kier molecular flexibility index (Phi) is 4.97. The molecule has 0 spiro atoms. The van der Waals surface area contributed by atoms with Crippen LogP contribution in [0.4, 0.5) is 5.13 Å². The van der Waals surface area contributed by atoms with Gasteiger partial charge in [-0.3, -0.25) is 0 Å². The quantitative estimate of drug-likeness (QED) is 0.871. The SMILES string of the molecule is CCN1CCN(C(=S)Nc2nnc(-c3ccccc3)s2)CC1. The molecular weight excluding hydrogens is 314 g/mol. The molecule has 0 radical (unpaired) electrons. The van der Waals surface area contributed by atoms with Gasteiger partial charge in [0, 0.05) is 31.7 Å². The van der Waals surface area contributed by atoms with E-state index in [1.807, 2.05) is 30.3 Å². The zero-order chi connectivity index (χ0) is 15.4. The average Bonchev–Trinajstić information content (AvgIpc) is 3.04. The Hall–Kier alpha value is -1.57. The molecule has 1 N–H and O–H groups in total. The second-order valence-electron chi connectivity index (χ2n) is 5.13. The van der Waals surface area contributed by atoms with Crippen LogP contribution >= 0.6 is 23.6 Å². The van der Waals surface area contributed by atoms with Crippen molar-refractivity contribution in [3.63, 3.8) is 0 Å². The molecule has 5 nitrogen and oxygen atoms in total. The molecule has 2 aromatic rings. The summed E-state index contributed by atoms with van der Waals surface area (Å²) in [6.07, 6.45) is 0. The van der Waals surface area contributed by atoms with Crippen LogP contribution < -0.4 is 5.32 Å². The van der Waals surface area contributed by atoms with E-state index in [1.165, 1.54) is 11.3 Å². The van der Waals surface area contributed by atoms with Crippen molar-refractivity contribution in [3.05, 3.63) is 30.3 Å². The van der Waals surface area contributed by atoms with Gasteiger partial charge in [-0.15, -0.1) is 10.2 Å². The van der Waals surface area contributed by atoms with E-state index < -0.39 is 0 Å². The highest BCUT2D eigenvalue weighted by Crippen LogP contribution is 2.26. The first-order valence-electron chi connectivity index (χ1n) is 7.43. The van der Waals surface area contributed by atoms with Crippen molar-refractivity contribution in [1.82, 2.24) is 20.0 Å². The first kappa shape index (κ1) is 15.3. The van der Waals surface area contributed by atoms with E-state index >= 15 is 0 Å². The maximum atomic E-state index is 5.49. The maximum absolute atomic E-state index is 5.49. The molecule has 0 bridgehead atoms. The van der Waals surface area contributed by atoms with Gasteiger partial charge < -0.3 is 15.1 Å². The summed E-state index contributed by atoms with van der Waals surface area (Å²) in [4.78, 5) is 4.63. The standard InChI is InChI=1S/C15H19N5S2/c1-2-19-8-10-20(11-9-19)15(21)16-14-18-17-13(22-14)12-6-4-3-5-7-12/h3-7H,2,8-11H2,1H3,(H,16,18,21). The monoisotopic (exact) mass is 333 g/mol. The van der Waals surface area contributed by atoms with E-state index in [9.17, 15) is 0 Å². The number of thiocarbonyl (C=S) groups is 1. The number of benzene rings is 1. The van der Waals surface area contributed by atoms with Gasteiger partial charge in [0.25, 0.3) is 0 Å². The second-order valence-corrected chi connectivity index (χ2v) is 6.49. The summed E-state index contributed by atoms with van der Waals surface area (Å²) >= 11 is 7.02. The van der Waals surface area contributed by atoms with Gasteiger partial charge in [0.15, 0.2) is 5.11 Å². The van der Waals surface area contributed by atoms with E-state index in [1.54, 1.807) is 0 Å². The average molecular weight is 333 g/mol. The Balaban J connectivity index is 1.60. The van der Waals surface area contributed by atoms with Crippen molar-refractivity contribution in [2.45, 2.75) is 6.92 Å². The molecule has 7 heteroatoms. The third kappa shape index (κ3) is 3.60. The molecule has 0 amide bonds. The lowest BCUT2D eigenvalue weighted by Gasteiger charge is -2.35. The number of nitrogens with one attached hydrogen (secondary N) is 1. The van der Waals surface area contributed by atoms with E-state index in [4.69, 9.17) is 12.2 Å². The molecule has 1 aromatic carbocycles. The van der Waals surface area contributed by atoms with Gasteiger partial charge in [-0.1, -0.05) is 48.6 Å². The highest BCUT2D eigenvalue weighted by Gasteiger charge is 2.18. The molecule has 1 aromatic heterocycles. The normalized spacial score (nSPS) is 15.8. The predicted molar refractivity (Wildman–Crippen MR) is 95.3 cm³/mol. The number of nitrogens with zero attached hydrogens (tertiary/aromatic N) is 4. The zero-order valence-electron chi connectivity index (χ0n) is 12.5. The van der Waals surface area contributed by atoms with Crippen LogP contribution in [0.3, 0.4) is 0 Å². The third-order valence-electron chi connectivity index (χ3n) is 3.77. The molecule has 0 saturated carbocycles. The molecule has 1 fully saturated rings. The molecule has 0 unspecified atom stereocenters. The van der Waals surface area contributed by atoms with Crippen LogP contribution in [0, 0.1) is 0 Å². The fourth-order valence-corrected chi connectivity index (χ4v) is 3.50. The lowest BCUT2D eigenvalue weighted by atomic mass is 10.2. The van der Waals surface area contributed by atoms with Crippen LogP contribution in [0.5, 0.6) is 0 Å². The van der Waals surface area contributed by atoms with Gasteiger partial charge in [0.2, 0.25) is 5.13 Å². The Morgan fingerprint density at radius 2 is 1.91 bits per heavy atom. The molecule has 2 heterocycles. The fourth-order valence-electron chi connectivity index (χ4n) is 2.41. The van der Waals surface area contributed by atoms with Crippen molar-refractivity contribution < 1.29 is 0 Å². The third-order valence-corrected chi connectivity index (χ3v) is 5.01. The number of rotatable bonds is 3. The van der Waals surface area contributed by atoms with Crippen molar-refractivity contribution in [2.75, 3.05) is 38.0 Å². The molecule has 1 saturated heterocycles. The summed E-state index contributed by atoms with van der Waals surface area (Å²) in [5.41, 5.74) is 1.08. The van der Waals surface area contributed by atoms with Crippen molar-refractivity contribution in [3.8, 4) is 10.6 Å². The van der Waals surface area contributed by atoms with Gasteiger partial charge >= 0.3 is 0 Å². The highest BCUT2D eigenvalue weighted by molar-refractivity contribution is 7.80. The van der Waals surface area contributed by atoms with Crippen LogP contribution in [0.25, 0.3) is 10.6 Å². The summed E-state index contributed by atoms with van der Waals surface area (Å²) in [5.74, 6) is 0. The van der Waals surface area contributed by atoms with Crippen LogP contribution in [0.15, 0.2) is 30.3 Å². The Bertz CT molecular complexity index is 620. The number of anilines is 1. The first-order chi connectivity index (χ1) is 10.8. The Morgan fingerprint density at radius 1 is 1.18 bits per heavy atom. The van der Waals surface area contributed by atoms with E-state index in [0.29, 0.717) is 0 Å². The van der Waals surface area contributed by atoms with Gasteiger partial charge in [-0.05, 0) is 18.8 Å². The van der Waals surface area contributed by atoms with Crippen molar-refractivity contribution in [2.24, 2.45) is 0 Å². The molecule has 0 atom stereocenters. The Labute approximate surface area is 140 Å². The van der Waals surface area contributed by atoms with Crippen LogP contribution in [-0.2, 0) is 0 Å². The van der Waals surface area contributed by atoms with E-state index in [2.05, 4.69) is 32.2 Å². The summed E-state index contributed by atoms with van der Waals surface area (Å²) < 4.78 is 0. The molecule has 3 rings (SSSR count). The molecular formula is C15H19N5S2. The molecule has 1 aliphatic heterocycles. The summed E-state index contributed by atoms with van der Waals surface area (Å²) in [7, 11) is 0. The van der Waals surface area contributed by atoms with Gasteiger partial charge in [0.05, 0.1) is 0 Å². The number of hydrogen-bond donors (Lipinski definition) is 1. The second kappa shape index (κ2) is 7.13. The maximum Gasteiger partial charge on any atom is 0.212 e.